The van der Waals surface area contributed by atoms with E-state index in [2.05, 4.69) is 19.1 Å². The summed E-state index contributed by atoms with van der Waals surface area (Å²) in [4.78, 5) is 10.5. The van der Waals surface area contributed by atoms with E-state index >= 15 is 0 Å². The summed E-state index contributed by atoms with van der Waals surface area (Å²) in [7, 11) is 0. The minimum absolute atomic E-state index is 0. The van der Waals surface area contributed by atoms with E-state index in [9.17, 15) is 4.79 Å². The van der Waals surface area contributed by atoms with E-state index in [1.54, 1.807) is 0 Å². The van der Waals surface area contributed by atoms with E-state index in [0.29, 0.717) is 6.42 Å². The molecule has 0 radical (unpaired) electrons. The lowest BCUT2D eigenvalue weighted by Crippen LogP contribution is -2.09. The summed E-state index contributed by atoms with van der Waals surface area (Å²) >= 11 is 0. The van der Waals surface area contributed by atoms with Gasteiger partial charge in [0, 0.05) is 6.42 Å². The third-order valence-corrected chi connectivity index (χ3v) is 3.68. The number of nitrogens with two attached hydrogens (primary N) is 1. The monoisotopic (exact) mass is 321 g/mol. The van der Waals surface area contributed by atoms with Crippen LogP contribution < -0.4 is 5.73 Å². The van der Waals surface area contributed by atoms with Gasteiger partial charge in [0.15, 0.2) is 0 Å². The highest BCUT2D eigenvalue weighted by atomic mass is 19.0. The van der Waals surface area contributed by atoms with Crippen LogP contribution in [0.4, 0.5) is 9.41 Å². The maximum atomic E-state index is 10.5. The molecule has 0 aliphatic carbocycles. The van der Waals surface area contributed by atoms with Crippen molar-refractivity contribution >= 4 is 5.91 Å². The van der Waals surface area contributed by atoms with Crippen LogP contribution in [0.15, 0.2) is 12.2 Å². The lowest BCUT2D eigenvalue weighted by molar-refractivity contribution is -0.118. The molecule has 0 spiro atoms. The topological polar surface area (TPSA) is 43.1 Å². The predicted octanol–water partition coefficient (Wildman–Crippen LogP) is 5.81. The van der Waals surface area contributed by atoms with Crippen LogP contribution in [0.2, 0.25) is 0 Å². The van der Waals surface area contributed by atoms with Crippen molar-refractivity contribution in [1.29, 1.82) is 0 Å². The number of carbonyl (C=O) groups is 1. The molecule has 4 heteroatoms. The normalized spacial score (nSPS) is 10.2. The maximum absolute atomic E-state index is 10.5. The van der Waals surface area contributed by atoms with Gasteiger partial charge in [-0.05, 0) is 32.1 Å². The predicted molar refractivity (Wildman–Crippen MR) is 93.7 cm³/mol. The first-order valence-corrected chi connectivity index (χ1v) is 8.70. The van der Waals surface area contributed by atoms with Crippen molar-refractivity contribution in [3.05, 3.63) is 12.2 Å². The summed E-state index contributed by atoms with van der Waals surface area (Å²) in [6.45, 7) is 2.26. The molecule has 0 heterocycles. The largest absolute Gasteiger partial charge is 0.370 e. The van der Waals surface area contributed by atoms with Crippen molar-refractivity contribution in [3.8, 4) is 0 Å². The van der Waals surface area contributed by atoms with Gasteiger partial charge in [0.25, 0.3) is 0 Å². The molecule has 0 saturated carbocycles. The second-order valence-electron chi connectivity index (χ2n) is 5.80. The Kier molecular flexibility index (Phi) is 26.4. The van der Waals surface area contributed by atoms with E-state index in [1.807, 2.05) is 0 Å². The van der Waals surface area contributed by atoms with Crippen molar-refractivity contribution in [2.75, 3.05) is 0 Å². The molecule has 0 aliphatic rings. The Morgan fingerprint density at radius 2 is 1.14 bits per heavy atom. The van der Waals surface area contributed by atoms with Crippen LogP contribution in [0.5, 0.6) is 0 Å². The van der Waals surface area contributed by atoms with Crippen LogP contribution in [0.3, 0.4) is 0 Å². The molecule has 0 rings (SSSR count). The fourth-order valence-corrected chi connectivity index (χ4v) is 2.37. The third-order valence-electron chi connectivity index (χ3n) is 3.68. The number of rotatable bonds is 15. The molecule has 0 aromatic rings. The van der Waals surface area contributed by atoms with E-state index in [-0.39, 0.29) is 15.3 Å². The lowest BCUT2D eigenvalue weighted by Gasteiger charge is -1.99. The van der Waals surface area contributed by atoms with Crippen molar-refractivity contribution in [2.24, 2.45) is 5.73 Å². The van der Waals surface area contributed by atoms with Crippen molar-refractivity contribution < 1.29 is 14.2 Å². The second kappa shape index (κ2) is 22.4. The van der Waals surface area contributed by atoms with Crippen LogP contribution in [-0.2, 0) is 4.79 Å². The van der Waals surface area contributed by atoms with Gasteiger partial charge in [-0.15, -0.1) is 0 Å². The third kappa shape index (κ3) is 24.1. The summed E-state index contributed by atoms with van der Waals surface area (Å²) in [6.07, 6.45) is 21.9. The van der Waals surface area contributed by atoms with Crippen molar-refractivity contribution in [3.63, 3.8) is 0 Å². The van der Waals surface area contributed by atoms with Gasteiger partial charge in [-0.2, -0.15) is 0 Å². The molecule has 134 valence electrons. The zero-order valence-corrected chi connectivity index (χ0v) is 14.4. The van der Waals surface area contributed by atoms with Crippen LogP contribution in [-0.4, -0.2) is 5.91 Å². The fourth-order valence-electron chi connectivity index (χ4n) is 2.37. The fraction of sp³-hybridized carbons (Fsp3) is 0.833. The quantitative estimate of drug-likeness (QED) is 0.300. The minimum Gasteiger partial charge on any atom is -0.370 e. The molecule has 0 bridgehead atoms. The first-order chi connectivity index (χ1) is 9.77. The highest BCUT2D eigenvalue weighted by Crippen LogP contribution is 2.09. The summed E-state index contributed by atoms with van der Waals surface area (Å²) in [5.74, 6) is -0.164. The van der Waals surface area contributed by atoms with Gasteiger partial charge in [-0.1, -0.05) is 70.4 Å². The maximum Gasteiger partial charge on any atom is 0.217 e. The number of hydrogen-bond donors (Lipinski definition) is 1. The second-order valence-corrected chi connectivity index (χ2v) is 5.80. The zero-order chi connectivity index (χ0) is 14.9. The average Bonchev–Trinajstić information content (AvgIpc) is 2.43. The molecule has 2 N–H and O–H groups in total. The molecule has 1 amide bonds. The highest BCUT2D eigenvalue weighted by Gasteiger charge is 1.94. The Morgan fingerprint density at radius 1 is 0.727 bits per heavy atom. The molecule has 0 aromatic heterocycles. The summed E-state index contributed by atoms with van der Waals surface area (Å²) in [6, 6.07) is 0. The van der Waals surface area contributed by atoms with E-state index < -0.39 is 0 Å². The van der Waals surface area contributed by atoms with E-state index in [1.165, 1.54) is 70.6 Å². The Morgan fingerprint density at radius 3 is 1.59 bits per heavy atom. The van der Waals surface area contributed by atoms with Gasteiger partial charge in [0.05, 0.1) is 0 Å². The molecule has 0 unspecified atom stereocenters. The number of unbranched alkanes of at least 4 members (excludes halogenated alkanes) is 11. The van der Waals surface area contributed by atoms with Gasteiger partial charge < -0.3 is 5.73 Å². The van der Waals surface area contributed by atoms with Gasteiger partial charge in [0.1, 0.15) is 0 Å². The van der Waals surface area contributed by atoms with Crippen molar-refractivity contribution in [2.45, 2.75) is 96.8 Å². The highest BCUT2D eigenvalue weighted by molar-refractivity contribution is 5.73. The molecular weight excluding hydrogens is 284 g/mol. The molecule has 0 aromatic carbocycles. The molecule has 0 aliphatic heterocycles. The zero-order valence-electron chi connectivity index (χ0n) is 14.4. The molecule has 2 nitrogen and oxygen atoms in total. The average molecular weight is 321 g/mol. The first kappa shape index (κ1) is 26.0. The Labute approximate surface area is 135 Å². The van der Waals surface area contributed by atoms with Crippen molar-refractivity contribution in [1.82, 2.24) is 0 Å². The number of hydrogen-bond acceptors (Lipinski definition) is 1. The number of allylic oxidation sites excluding steroid dienone is 2. The minimum atomic E-state index is -0.164. The SMILES string of the molecule is CCCCCCCC/C=C\CCCCCCCC(N)=O.F.F. The van der Waals surface area contributed by atoms with E-state index in [4.69, 9.17) is 5.73 Å². The molecule has 0 fully saturated rings. The van der Waals surface area contributed by atoms with Gasteiger partial charge in [-0.3, -0.25) is 14.2 Å². The molecule has 0 atom stereocenters. The van der Waals surface area contributed by atoms with Gasteiger partial charge in [-0.25, -0.2) is 0 Å². The Balaban J connectivity index is -0.00000180. The van der Waals surface area contributed by atoms with Crippen LogP contribution >= 0.6 is 0 Å². The van der Waals surface area contributed by atoms with E-state index in [0.717, 1.165) is 12.8 Å². The van der Waals surface area contributed by atoms with Gasteiger partial charge in [0.2, 0.25) is 5.91 Å². The summed E-state index contributed by atoms with van der Waals surface area (Å²) < 4.78 is 0. The molecule has 0 saturated heterocycles. The number of primary amides is 1. The molecule has 22 heavy (non-hydrogen) atoms. The summed E-state index contributed by atoms with van der Waals surface area (Å²) in [5, 5.41) is 0. The first-order valence-electron chi connectivity index (χ1n) is 8.70. The number of amides is 1. The standard InChI is InChI=1S/C18H35NO.2FH/c1-2-3-4-5-6-7-8-9-10-11-12-13-14-15-16-17-18(19)20;;/h9-10H,2-8,11-17H2,1H3,(H2,19,20);2*1H/b10-9-;;. The Bertz CT molecular complexity index is 245. The molecular formula is C18H37F2NO. The van der Waals surface area contributed by atoms with Crippen LogP contribution in [0, 0.1) is 0 Å². The number of halogens is 2. The lowest BCUT2D eigenvalue weighted by atomic mass is 10.1. The van der Waals surface area contributed by atoms with Gasteiger partial charge >= 0.3 is 0 Å². The number of carbonyl (C=O) groups excluding carboxylic acids is 1. The smallest absolute Gasteiger partial charge is 0.217 e. The summed E-state index contributed by atoms with van der Waals surface area (Å²) in [5.41, 5.74) is 5.10. The Hall–Kier alpha value is -0.930. The van der Waals surface area contributed by atoms with Crippen LogP contribution in [0.1, 0.15) is 96.8 Å². The van der Waals surface area contributed by atoms with Crippen LogP contribution in [0.25, 0.3) is 0 Å².